The highest BCUT2D eigenvalue weighted by atomic mass is 16.5. The predicted molar refractivity (Wildman–Crippen MR) is 113 cm³/mol. The number of nitrogens with one attached hydrogen (secondary N) is 1. The number of nitrogens with two attached hydrogens (primary N) is 1. The molecule has 2 heterocycles. The summed E-state index contributed by atoms with van der Waals surface area (Å²) in [6.45, 7) is 10.4. The Bertz CT molecular complexity index is 691. The summed E-state index contributed by atoms with van der Waals surface area (Å²) in [4.78, 5) is 20.6. The number of benzene rings is 1. The summed E-state index contributed by atoms with van der Waals surface area (Å²) in [5, 5.41) is 3.42. The third-order valence-electron chi connectivity index (χ3n) is 5.23. The number of ether oxygens (including phenoxy) is 2. The minimum Gasteiger partial charge on any atom is -0.484 e. The molecule has 160 valence electrons. The lowest BCUT2D eigenvalue weighted by Crippen LogP contribution is -2.42. The summed E-state index contributed by atoms with van der Waals surface area (Å²) in [5.41, 5.74) is 6.18. The van der Waals surface area contributed by atoms with E-state index in [1.165, 1.54) is 6.42 Å². The van der Waals surface area contributed by atoms with Gasteiger partial charge in [-0.1, -0.05) is 12.1 Å². The van der Waals surface area contributed by atoms with Gasteiger partial charge in [-0.15, -0.1) is 0 Å². The van der Waals surface area contributed by atoms with Crippen molar-refractivity contribution in [2.24, 2.45) is 16.6 Å². The van der Waals surface area contributed by atoms with Crippen LogP contribution >= 0.6 is 0 Å². The van der Waals surface area contributed by atoms with Crippen LogP contribution in [0.1, 0.15) is 18.9 Å². The third-order valence-corrected chi connectivity index (χ3v) is 5.23. The van der Waals surface area contributed by atoms with Crippen LogP contribution in [0.25, 0.3) is 0 Å². The molecule has 3 rings (SSSR count). The zero-order chi connectivity index (χ0) is 20.5. The van der Waals surface area contributed by atoms with E-state index < -0.39 is 5.91 Å². The highest BCUT2D eigenvalue weighted by Crippen LogP contribution is 2.19. The fraction of sp³-hybridized carbons (Fsp3) is 0.619. The number of morpholine rings is 1. The smallest absolute Gasteiger partial charge is 0.255 e. The number of carbonyl (C=O) groups is 1. The number of guanidine groups is 1. The van der Waals surface area contributed by atoms with Crippen molar-refractivity contribution in [3.8, 4) is 5.75 Å². The predicted octanol–water partition coefficient (Wildman–Crippen LogP) is 0.670. The molecule has 8 heteroatoms. The lowest BCUT2D eigenvalue weighted by Gasteiger charge is -2.29. The van der Waals surface area contributed by atoms with Crippen molar-refractivity contribution in [2.45, 2.75) is 19.9 Å². The van der Waals surface area contributed by atoms with Crippen LogP contribution in [0.2, 0.25) is 0 Å². The van der Waals surface area contributed by atoms with Gasteiger partial charge in [0.2, 0.25) is 0 Å². The summed E-state index contributed by atoms with van der Waals surface area (Å²) >= 11 is 0. The number of aliphatic imine (C=N–C) groups is 1. The number of carbonyl (C=O) groups excluding carboxylic acids is 1. The number of hydrogen-bond acceptors (Lipinski definition) is 5. The maximum atomic E-state index is 10.9. The molecule has 1 aromatic rings. The lowest BCUT2D eigenvalue weighted by atomic mass is 10.1. The van der Waals surface area contributed by atoms with Gasteiger partial charge >= 0.3 is 0 Å². The van der Waals surface area contributed by atoms with Gasteiger partial charge in [-0.3, -0.25) is 9.69 Å². The summed E-state index contributed by atoms with van der Waals surface area (Å²) in [5.74, 6) is 1.78. The Balaban J connectivity index is 1.55. The molecule has 2 saturated heterocycles. The molecule has 3 N–H and O–H groups in total. The number of primary amides is 1. The number of amides is 1. The highest BCUT2D eigenvalue weighted by Gasteiger charge is 2.27. The van der Waals surface area contributed by atoms with Crippen LogP contribution in [0.15, 0.2) is 29.3 Å². The van der Waals surface area contributed by atoms with Crippen molar-refractivity contribution in [3.05, 3.63) is 29.8 Å². The molecule has 1 aromatic carbocycles. The van der Waals surface area contributed by atoms with E-state index in [2.05, 4.69) is 22.0 Å². The standard InChI is InChI=1S/C21H33N5O3/c1-2-23-21(24-13-17-4-3-5-19(12-17)29-16-20(22)27)26-7-6-18(15-26)14-25-8-10-28-11-9-25/h3-5,12,18H,2,6-11,13-16H2,1H3,(H2,22,27)(H,23,24). The van der Waals surface area contributed by atoms with Crippen LogP contribution in [0, 0.1) is 5.92 Å². The van der Waals surface area contributed by atoms with Crippen molar-refractivity contribution in [2.75, 3.05) is 59.1 Å². The molecule has 0 spiro atoms. The van der Waals surface area contributed by atoms with Gasteiger partial charge in [-0.25, -0.2) is 4.99 Å². The quantitative estimate of drug-likeness (QED) is 0.490. The lowest BCUT2D eigenvalue weighted by molar-refractivity contribution is -0.119. The van der Waals surface area contributed by atoms with E-state index in [0.29, 0.717) is 18.2 Å². The second-order valence-electron chi connectivity index (χ2n) is 7.59. The number of nitrogens with zero attached hydrogens (tertiary/aromatic N) is 3. The molecule has 1 unspecified atom stereocenters. The van der Waals surface area contributed by atoms with Crippen LogP contribution in [-0.2, 0) is 16.1 Å². The van der Waals surface area contributed by atoms with Crippen molar-refractivity contribution < 1.29 is 14.3 Å². The third kappa shape index (κ3) is 6.90. The molecule has 1 atom stereocenters. The van der Waals surface area contributed by atoms with E-state index in [9.17, 15) is 4.79 Å². The molecule has 0 aliphatic carbocycles. The van der Waals surface area contributed by atoms with Crippen molar-refractivity contribution in [1.82, 2.24) is 15.1 Å². The Hall–Kier alpha value is -2.32. The Morgan fingerprint density at radius 3 is 2.93 bits per heavy atom. The highest BCUT2D eigenvalue weighted by molar-refractivity contribution is 5.80. The van der Waals surface area contributed by atoms with Crippen LogP contribution in [0.3, 0.4) is 0 Å². The maximum absolute atomic E-state index is 10.9. The SMILES string of the molecule is CCNC(=NCc1cccc(OCC(N)=O)c1)N1CCC(CN2CCOCC2)C1. The van der Waals surface area contributed by atoms with Crippen LogP contribution in [0.5, 0.6) is 5.75 Å². The van der Waals surface area contributed by atoms with Crippen molar-refractivity contribution >= 4 is 11.9 Å². The first kappa shape index (κ1) is 21.4. The maximum Gasteiger partial charge on any atom is 0.255 e. The molecular formula is C21H33N5O3. The van der Waals surface area contributed by atoms with Crippen molar-refractivity contribution in [3.63, 3.8) is 0 Å². The van der Waals surface area contributed by atoms with Gasteiger partial charge in [0.05, 0.1) is 19.8 Å². The first-order chi connectivity index (χ1) is 14.1. The topological polar surface area (TPSA) is 92.4 Å². The molecule has 2 aliphatic rings. The van der Waals surface area contributed by atoms with Gasteiger partial charge in [-0.05, 0) is 37.0 Å². The van der Waals surface area contributed by atoms with Gasteiger partial charge in [0.25, 0.3) is 5.91 Å². The fourth-order valence-corrected chi connectivity index (χ4v) is 3.80. The second kappa shape index (κ2) is 11.0. The molecule has 0 radical (unpaired) electrons. The molecule has 8 nitrogen and oxygen atoms in total. The van der Waals surface area contributed by atoms with Crippen LogP contribution in [-0.4, -0.2) is 80.8 Å². The molecule has 2 aliphatic heterocycles. The van der Waals surface area contributed by atoms with Gasteiger partial charge in [0.1, 0.15) is 5.75 Å². The summed E-state index contributed by atoms with van der Waals surface area (Å²) in [6, 6.07) is 7.64. The molecule has 0 saturated carbocycles. The van der Waals surface area contributed by atoms with Gasteiger partial charge in [-0.2, -0.15) is 0 Å². The molecular weight excluding hydrogens is 370 g/mol. The number of likely N-dealkylation sites (tertiary alicyclic amines) is 1. The van der Waals surface area contributed by atoms with Crippen LogP contribution in [0.4, 0.5) is 0 Å². The number of hydrogen-bond donors (Lipinski definition) is 2. The zero-order valence-electron chi connectivity index (χ0n) is 17.3. The monoisotopic (exact) mass is 403 g/mol. The normalized spacial score (nSPS) is 20.7. The van der Waals surface area contributed by atoms with Crippen LogP contribution < -0.4 is 15.8 Å². The van der Waals surface area contributed by atoms with Crippen molar-refractivity contribution in [1.29, 1.82) is 0 Å². The fourth-order valence-electron chi connectivity index (χ4n) is 3.80. The minimum absolute atomic E-state index is 0.117. The summed E-state index contributed by atoms with van der Waals surface area (Å²) in [7, 11) is 0. The first-order valence-corrected chi connectivity index (χ1v) is 10.5. The Kier molecular flexibility index (Phi) is 8.13. The summed E-state index contributed by atoms with van der Waals surface area (Å²) in [6.07, 6.45) is 1.19. The molecule has 2 fully saturated rings. The molecule has 1 amide bonds. The van der Waals surface area contributed by atoms with E-state index in [1.807, 2.05) is 24.3 Å². The molecule has 29 heavy (non-hydrogen) atoms. The Labute approximate surface area is 173 Å². The average molecular weight is 404 g/mol. The van der Waals surface area contributed by atoms with Gasteiger partial charge in [0.15, 0.2) is 12.6 Å². The molecule has 0 bridgehead atoms. The first-order valence-electron chi connectivity index (χ1n) is 10.5. The van der Waals surface area contributed by atoms with E-state index in [-0.39, 0.29) is 6.61 Å². The Morgan fingerprint density at radius 2 is 2.17 bits per heavy atom. The minimum atomic E-state index is -0.483. The zero-order valence-corrected chi connectivity index (χ0v) is 17.3. The second-order valence-corrected chi connectivity index (χ2v) is 7.59. The largest absolute Gasteiger partial charge is 0.484 e. The number of rotatable bonds is 8. The van der Waals surface area contributed by atoms with Gasteiger partial charge in [0, 0.05) is 39.3 Å². The van der Waals surface area contributed by atoms with E-state index in [1.54, 1.807) is 0 Å². The molecule has 0 aromatic heterocycles. The van der Waals surface area contributed by atoms with Gasteiger partial charge < -0.3 is 25.4 Å². The average Bonchev–Trinajstić information content (AvgIpc) is 3.19. The van der Waals surface area contributed by atoms with E-state index >= 15 is 0 Å². The van der Waals surface area contributed by atoms with E-state index in [4.69, 9.17) is 20.2 Å². The van der Waals surface area contributed by atoms with E-state index in [0.717, 1.165) is 64.0 Å². The Morgan fingerprint density at radius 1 is 1.34 bits per heavy atom. The summed E-state index contributed by atoms with van der Waals surface area (Å²) < 4.78 is 10.8.